The highest BCUT2D eigenvalue weighted by Crippen LogP contribution is 2.45. The van der Waals surface area contributed by atoms with E-state index >= 15 is 0 Å². The van der Waals surface area contributed by atoms with Crippen molar-refractivity contribution in [1.29, 1.82) is 0 Å². The number of likely N-dealkylation sites (tertiary alicyclic amines) is 1. The molecule has 7 heteroatoms. The molecule has 1 amide bonds. The SMILES string of the molecule is COc1nc(-c2cccc(-c3ccccc3Cl)c2Cl)cc2c1[C@H](N1CCC(CCNC=O)C1)CC2. The molecule has 5 nitrogen and oxygen atoms in total. The summed E-state index contributed by atoms with van der Waals surface area (Å²) in [5, 5.41) is 4.09. The first-order valence-electron chi connectivity index (χ1n) is 12.1. The van der Waals surface area contributed by atoms with Gasteiger partial charge in [-0.1, -0.05) is 59.6 Å². The van der Waals surface area contributed by atoms with E-state index < -0.39 is 0 Å². The number of ether oxygens (including phenoxy) is 1. The number of methoxy groups -OCH3 is 1. The van der Waals surface area contributed by atoms with Crippen molar-refractivity contribution >= 4 is 29.6 Å². The minimum Gasteiger partial charge on any atom is -0.481 e. The maximum Gasteiger partial charge on any atom is 0.218 e. The van der Waals surface area contributed by atoms with Crippen molar-refractivity contribution in [3.05, 3.63) is 69.7 Å². The summed E-state index contributed by atoms with van der Waals surface area (Å²) in [5.74, 6) is 1.29. The number of hydrogen-bond donors (Lipinski definition) is 1. The largest absolute Gasteiger partial charge is 0.481 e. The average Bonchev–Trinajstić information content (AvgIpc) is 3.51. The number of aryl methyl sites for hydroxylation is 1. The molecule has 182 valence electrons. The molecule has 1 fully saturated rings. The van der Waals surface area contributed by atoms with E-state index in [0.29, 0.717) is 27.9 Å². The van der Waals surface area contributed by atoms with E-state index in [4.69, 9.17) is 32.9 Å². The van der Waals surface area contributed by atoms with Gasteiger partial charge in [0.1, 0.15) is 0 Å². The number of rotatable bonds is 8. The van der Waals surface area contributed by atoms with Crippen LogP contribution in [0.3, 0.4) is 0 Å². The van der Waals surface area contributed by atoms with Crippen molar-refractivity contribution < 1.29 is 9.53 Å². The van der Waals surface area contributed by atoms with Crippen molar-refractivity contribution in [3.63, 3.8) is 0 Å². The van der Waals surface area contributed by atoms with Crippen LogP contribution in [0.4, 0.5) is 0 Å². The number of hydrogen-bond acceptors (Lipinski definition) is 4. The number of carbonyl (C=O) groups is 1. The smallest absolute Gasteiger partial charge is 0.218 e. The number of nitrogens with one attached hydrogen (secondary N) is 1. The van der Waals surface area contributed by atoms with Crippen LogP contribution in [0.5, 0.6) is 5.88 Å². The topological polar surface area (TPSA) is 54.5 Å². The van der Waals surface area contributed by atoms with Gasteiger partial charge in [-0.25, -0.2) is 4.98 Å². The van der Waals surface area contributed by atoms with Crippen LogP contribution in [0.15, 0.2) is 48.5 Å². The molecule has 0 bridgehead atoms. The fourth-order valence-electron chi connectivity index (χ4n) is 5.59. The zero-order valence-electron chi connectivity index (χ0n) is 19.8. The van der Waals surface area contributed by atoms with Gasteiger partial charge in [-0.05, 0) is 55.8 Å². The lowest BCUT2D eigenvalue weighted by molar-refractivity contribution is -0.109. The molecule has 2 atom stereocenters. The third-order valence-electron chi connectivity index (χ3n) is 7.30. The van der Waals surface area contributed by atoms with E-state index in [0.717, 1.165) is 74.1 Å². The Morgan fingerprint density at radius 3 is 2.71 bits per heavy atom. The molecule has 5 rings (SSSR count). The van der Waals surface area contributed by atoms with Gasteiger partial charge < -0.3 is 10.1 Å². The van der Waals surface area contributed by atoms with Gasteiger partial charge in [0.15, 0.2) is 0 Å². The standard InChI is InChI=1S/C28H29Cl2N3O2/c1-35-28-26-19(9-10-25(26)33-14-12-18(16-33)11-13-31-17-34)15-24(32-28)22-7-4-6-21(27(22)30)20-5-2-3-8-23(20)29/h2-8,15,17-18,25H,9-14,16H2,1H3,(H,31,34)/t18?,25-/m1/s1. The van der Waals surface area contributed by atoms with Gasteiger partial charge in [0, 0.05) is 46.4 Å². The summed E-state index contributed by atoms with van der Waals surface area (Å²) in [5.41, 5.74) is 5.97. The van der Waals surface area contributed by atoms with E-state index in [1.807, 2.05) is 42.5 Å². The predicted octanol–water partition coefficient (Wildman–Crippen LogP) is 6.18. The van der Waals surface area contributed by atoms with Crippen LogP contribution < -0.4 is 10.1 Å². The van der Waals surface area contributed by atoms with Gasteiger partial charge in [-0.3, -0.25) is 9.69 Å². The van der Waals surface area contributed by atoms with E-state index in [1.165, 1.54) is 11.1 Å². The molecule has 0 saturated carbocycles. The summed E-state index contributed by atoms with van der Waals surface area (Å²) >= 11 is 13.4. The highest BCUT2D eigenvalue weighted by atomic mass is 35.5. The van der Waals surface area contributed by atoms with Crippen LogP contribution in [0.25, 0.3) is 22.4 Å². The van der Waals surface area contributed by atoms with E-state index in [9.17, 15) is 4.79 Å². The number of nitrogens with zero attached hydrogens (tertiary/aromatic N) is 2. The number of benzene rings is 2. The minimum atomic E-state index is 0.315. The number of amides is 1. The van der Waals surface area contributed by atoms with E-state index in [2.05, 4.69) is 16.3 Å². The third kappa shape index (κ3) is 4.77. The zero-order valence-corrected chi connectivity index (χ0v) is 21.3. The Labute approximate surface area is 216 Å². The molecule has 1 N–H and O–H groups in total. The minimum absolute atomic E-state index is 0.315. The van der Waals surface area contributed by atoms with Crippen molar-refractivity contribution in [1.82, 2.24) is 15.2 Å². The van der Waals surface area contributed by atoms with Gasteiger partial charge in [0.05, 0.1) is 17.8 Å². The molecular weight excluding hydrogens is 481 g/mol. The van der Waals surface area contributed by atoms with Crippen LogP contribution in [0, 0.1) is 5.92 Å². The summed E-state index contributed by atoms with van der Waals surface area (Å²) in [6.07, 6.45) is 5.00. The summed E-state index contributed by atoms with van der Waals surface area (Å²) < 4.78 is 5.84. The first kappa shape index (κ1) is 24.1. The van der Waals surface area contributed by atoms with Crippen molar-refractivity contribution in [2.45, 2.75) is 31.7 Å². The lowest BCUT2D eigenvalue weighted by Crippen LogP contribution is -2.26. The van der Waals surface area contributed by atoms with Crippen LogP contribution in [-0.2, 0) is 11.2 Å². The average molecular weight is 510 g/mol. The van der Waals surface area contributed by atoms with Gasteiger partial charge in [-0.15, -0.1) is 0 Å². The number of aromatic nitrogens is 1. The Balaban J connectivity index is 1.45. The molecule has 1 aliphatic heterocycles. The van der Waals surface area contributed by atoms with Crippen LogP contribution >= 0.6 is 23.2 Å². The third-order valence-corrected chi connectivity index (χ3v) is 8.04. The lowest BCUT2D eigenvalue weighted by atomic mass is 9.99. The van der Waals surface area contributed by atoms with Gasteiger partial charge >= 0.3 is 0 Å². The highest BCUT2D eigenvalue weighted by Gasteiger charge is 2.36. The molecule has 35 heavy (non-hydrogen) atoms. The second kappa shape index (κ2) is 10.6. The molecular formula is C28H29Cl2N3O2. The molecule has 0 radical (unpaired) electrons. The summed E-state index contributed by atoms with van der Waals surface area (Å²) in [6.45, 7) is 2.85. The molecule has 1 aromatic heterocycles. The fraction of sp³-hybridized carbons (Fsp3) is 0.357. The number of fused-ring (bicyclic) bond motifs is 1. The van der Waals surface area contributed by atoms with Crippen LogP contribution in [0.2, 0.25) is 10.0 Å². The van der Waals surface area contributed by atoms with Crippen LogP contribution in [0.1, 0.15) is 36.4 Å². The Morgan fingerprint density at radius 1 is 1.11 bits per heavy atom. The maximum atomic E-state index is 10.6. The summed E-state index contributed by atoms with van der Waals surface area (Å²) in [6, 6.07) is 16.2. The van der Waals surface area contributed by atoms with Gasteiger partial charge in [0.25, 0.3) is 0 Å². The molecule has 1 aliphatic carbocycles. The number of carbonyl (C=O) groups excluding carboxylic acids is 1. The molecule has 1 saturated heterocycles. The van der Waals surface area contributed by atoms with Crippen molar-refractivity contribution in [2.24, 2.45) is 5.92 Å². The summed E-state index contributed by atoms with van der Waals surface area (Å²) in [7, 11) is 1.70. The zero-order chi connectivity index (χ0) is 24.4. The lowest BCUT2D eigenvalue weighted by Gasteiger charge is -2.26. The van der Waals surface area contributed by atoms with Crippen LogP contribution in [-0.4, -0.2) is 43.0 Å². The molecule has 3 aromatic rings. The fourth-order valence-corrected chi connectivity index (χ4v) is 6.15. The molecule has 2 heterocycles. The molecule has 2 aliphatic rings. The predicted molar refractivity (Wildman–Crippen MR) is 141 cm³/mol. The maximum absolute atomic E-state index is 10.6. The quantitative estimate of drug-likeness (QED) is 0.291. The second-order valence-electron chi connectivity index (χ2n) is 9.30. The van der Waals surface area contributed by atoms with E-state index in [-0.39, 0.29) is 0 Å². The Morgan fingerprint density at radius 2 is 1.91 bits per heavy atom. The van der Waals surface area contributed by atoms with E-state index in [1.54, 1.807) is 7.11 Å². The Kier molecular flexibility index (Phi) is 7.28. The Bertz CT molecular complexity index is 1230. The number of halogens is 2. The molecule has 2 aromatic carbocycles. The summed E-state index contributed by atoms with van der Waals surface area (Å²) in [4.78, 5) is 18.1. The van der Waals surface area contributed by atoms with Crippen molar-refractivity contribution in [2.75, 3.05) is 26.7 Å². The van der Waals surface area contributed by atoms with Crippen molar-refractivity contribution in [3.8, 4) is 28.3 Å². The monoisotopic (exact) mass is 509 g/mol. The highest BCUT2D eigenvalue weighted by molar-refractivity contribution is 6.38. The number of pyridine rings is 1. The normalized spacial score (nSPS) is 19.5. The molecule has 0 spiro atoms. The van der Waals surface area contributed by atoms with Gasteiger partial charge in [-0.2, -0.15) is 0 Å². The first-order chi connectivity index (χ1) is 17.1. The van der Waals surface area contributed by atoms with Gasteiger partial charge in [0.2, 0.25) is 12.3 Å². The molecule has 1 unspecified atom stereocenters. The second-order valence-corrected chi connectivity index (χ2v) is 10.1. The first-order valence-corrected chi connectivity index (χ1v) is 12.9. The Hall–Kier alpha value is -2.60.